The van der Waals surface area contributed by atoms with Gasteiger partial charge in [0.1, 0.15) is 18.1 Å². The van der Waals surface area contributed by atoms with E-state index in [1.165, 1.54) is 0 Å². The van der Waals surface area contributed by atoms with Crippen LogP contribution in [0.3, 0.4) is 0 Å². The zero-order chi connectivity index (χ0) is 19.9. The van der Waals surface area contributed by atoms with Gasteiger partial charge in [0.05, 0.1) is 12.1 Å². The number of methoxy groups -OCH3 is 1. The number of nitrogens with zero attached hydrogens (tertiary/aromatic N) is 1. The summed E-state index contributed by atoms with van der Waals surface area (Å²) in [5.41, 5.74) is 2.77. The Morgan fingerprint density at radius 2 is 1.89 bits per heavy atom. The van der Waals surface area contributed by atoms with Gasteiger partial charge in [0, 0.05) is 25.6 Å². The van der Waals surface area contributed by atoms with Gasteiger partial charge in [-0.2, -0.15) is 0 Å². The maximum atomic E-state index is 12.8. The van der Waals surface area contributed by atoms with E-state index >= 15 is 0 Å². The number of amides is 1. The highest BCUT2D eigenvalue weighted by Crippen LogP contribution is 2.30. The molecule has 0 saturated carbocycles. The van der Waals surface area contributed by atoms with Gasteiger partial charge in [-0.1, -0.05) is 50.2 Å². The van der Waals surface area contributed by atoms with Crippen LogP contribution in [0.25, 0.3) is 10.9 Å². The molecule has 148 valence electrons. The summed E-state index contributed by atoms with van der Waals surface area (Å²) in [7, 11) is 1.62. The summed E-state index contributed by atoms with van der Waals surface area (Å²) in [6, 6.07) is 18.0. The second-order valence-corrected chi connectivity index (χ2v) is 7.25. The number of fused-ring (bicyclic) bond motifs is 1. The van der Waals surface area contributed by atoms with Gasteiger partial charge >= 0.3 is 0 Å². The molecule has 0 aliphatic rings. The number of carbonyl (C=O) groups is 1. The number of hydrogen-bond donors (Lipinski definition) is 1. The fourth-order valence-corrected chi connectivity index (χ4v) is 3.23. The molecule has 1 aromatic heterocycles. The van der Waals surface area contributed by atoms with Crippen LogP contribution in [0.2, 0.25) is 0 Å². The summed E-state index contributed by atoms with van der Waals surface area (Å²) in [6.07, 6.45) is 0. The minimum Gasteiger partial charge on any atom is -0.488 e. The van der Waals surface area contributed by atoms with Gasteiger partial charge in [0.25, 0.3) is 5.91 Å². The first kappa shape index (κ1) is 20.0. The molecule has 0 radical (unpaired) electrons. The van der Waals surface area contributed by atoms with E-state index in [0.29, 0.717) is 31.4 Å². The lowest BCUT2D eigenvalue weighted by Gasteiger charge is -2.13. The fourth-order valence-electron chi connectivity index (χ4n) is 3.23. The molecule has 28 heavy (non-hydrogen) atoms. The number of aromatic nitrogens is 1. The van der Waals surface area contributed by atoms with E-state index in [1.54, 1.807) is 7.11 Å². The van der Waals surface area contributed by atoms with Crippen LogP contribution in [0, 0.1) is 5.92 Å². The average molecular weight is 380 g/mol. The lowest BCUT2D eigenvalue weighted by Crippen LogP contribution is -2.29. The normalized spacial score (nSPS) is 11.1. The molecule has 5 nitrogen and oxygen atoms in total. The van der Waals surface area contributed by atoms with Crippen LogP contribution in [-0.4, -0.2) is 30.7 Å². The maximum Gasteiger partial charge on any atom is 0.268 e. The first-order valence-corrected chi connectivity index (χ1v) is 9.66. The molecule has 2 aromatic carbocycles. The highest BCUT2D eigenvalue weighted by Gasteiger charge is 2.18. The van der Waals surface area contributed by atoms with E-state index in [-0.39, 0.29) is 5.91 Å². The molecule has 5 heteroatoms. The summed E-state index contributed by atoms with van der Waals surface area (Å²) in [5, 5.41) is 3.88. The summed E-state index contributed by atoms with van der Waals surface area (Å²) < 4.78 is 13.2. The largest absolute Gasteiger partial charge is 0.488 e. The number of benzene rings is 2. The predicted molar refractivity (Wildman–Crippen MR) is 112 cm³/mol. The van der Waals surface area contributed by atoms with Gasteiger partial charge in [-0.15, -0.1) is 0 Å². The molecule has 0 bridgehead atoms. The second kappa shape index (κ2) is 9.42. The van der Waals surface area contributed by atoms with E-state index in [1.807, 2.05) is 54.6 Å². The standard InChI is InChI=1S/C23H28N2O3/c1-17(2)15-25-20-10-7-11-22(28-16-18-8-5-4-6-9-18)19(20)14-21(25)23(26)24-12-13-27-3/h4-11,14,17H,12-13,15-16H2,1-3H3,(H,24,26). The summed E-state index contributed by atoms with van der Waals surface area (Å²) in [4.78, 5) is 12.8. The van der Waals surface area contributed by atoms with Crippen molar-refractivity contribution in [1.29, 1.82) is 0 Å². The Balaban J connectivity index is 1.92. The lowest BCUT2D eigenvalue weighted by atomic mass is 10.2. The summed E-state index contributed by atoms with van der Waals surface area (Å²) in [6.45, 7) is 6.52. The first-order chi connectivity index (χ1) is 13.6. The van der Waals surface area contributed by atoms with Crippen LogP contribution in [0.4, 0.5) is 0 Å². The van der Waals surface area contributed by atoms with E-state index in [0.717, 1.165) is 28.8 Å². The molecular weight excluding hydrogens is 352 g/mol. The lowest BCUT2D eigenvalue weighted by molar-refractivity contribution is 0.0927. The SMILES string of the molecule is COCCNC(=O)c1cc2c(OCc3ccccc3)cccc2n1CC(C)C. The van der Waals surface area contributed by atoms with Crippen molar-refractivity contribution in [1.82, 2.24) is 9.88 Å². The molecular formula is C23H28N2O3. The molecule has 1 N–H and O–H groups in total. The van der Waals surface area contributed by atoms with Crippen LogP contribution >= 0.6 is 0 Å². The zero-order valence-corrected chi connectivity index (χ0v) is 16.8. The van der Waals surface area contributed by atoms with Gasteiger partial charge in [0.15, 0.2) is 0 Å². The number of rotatable bonds is 9. The van der Waals surface area contributed by atoms with Crippen molar-refractivity contribution in [2.24, 2.45) is 5.92 Å². The first-order valence-electron chi connectivity index (χ1n) is 9.66. The van der Waals surface area contributed by atoms with Crippen molar-refractivity contribution in [2.45, 2.75) is 27.0 Å². The topological polar surface area (TPSA) is 52.5 Å². The summed E-state index contributed by atoms with van der Waals surface area (Å²) >= 11 is 0. The number of nitrogens with one attached hydrogen (secondary N) is 1. The van der Waals surface area contributed by atoms with Crippen molar-refractivity contribution in [3.63, 3.8) is 0 Å². The van der Waals surface area contributed by atoms with E-state index in [4.69, 9.17) is 9.47 Å². The zero-order valence-electron chi connectivity index (χ0n) is 16.8. The highest BCUT2D eigenvalue weighted by atomic mass is 16.5. The molecule has 0 saturated heterocycles. The Labute approximate surface area is 166 Å². The maximum absolute atomic E-state index is 12.8. The molecule has 0 aliphatic carbocycles. The van der Waals surface area contributed by atoms with Crippen molar-refractivity contribution in [3.05, 3.63) is 65.9 Å². The Morgan fingerprint density at radius 1 is 1.11 bits per heavy atom. The molecule has 0 aliphatic heterocycles. The van der Waals surface area contributed by atoms with Gasteiger partial charge in [-0.05, 0) is 29.7 Å². The van der Waals surface area contributed by atoms with E-state index < -0.39 is 0 Å². The fraction of sp³-hybridized carbons (Fsp3) is 0.348. The number of ether oxygens (including phenoxy) is 2. The molecule has 0 spiro atoms. The second-order valence-electron chi connectivity index (χ2n) is 7.25. The minimum atomic E-state index is -0.0945. The van der Waals surface area contributed by atoms with E-state index in [2.05, 4.69) is 23.7 Å². The minimum absolute atomic E-state index is 0.0945. The van der Waals surface area contributed by atoms with Crippen molar-refractivity contribution < 1.29 is 14.3 Å². The Kier molecular flexibility index (Phi) is 6.71. The van der Waals surface area contributed by atoms with Crippen LogP contribution in [0.1, 0.15) is 29.9 Å². The van der Waals surface area contributed by atoms with Gasteiger partial charge in [-0.25, -0.2) is 0 Å². The van der Waals surface area contributed by atoms with Crippen molar-refractivity contribution in [2.75, 3.05) is 20.3 Å². The molecule has 0 atom stereocenters. The smallest absolute Gasteiger partial charge is 0.268 e. The van der Waals surface area contributed by atoms with Crippen LogP contribution in [0.15, 0.2) is 54.6 Å². The average Bonchev–Trinajstić information content (AvgIpc) is 3.06. The Bertz CT molecular complexity index is 916. The Hall–Kier alpha value is -2.79. The third kappa shape index (κ3) is 4.73. The molecule has 3 aromatic rings. The molecule has 1 amide bonds. The Morgan fingerprint density at radius 3 is 2.61 bits per heavy atom. The third-order valence-electron chi connectivity index (χ3n) is 4.52. The van der Waals surface area contributed by atoms with Gasteiger partial charge < -0.3 is 19.4 Å². The number of carbonyl (C=O) groups excluding carboxylic acids is 1. The van der Waals surface area contributed by atoms with E-state index in [9.17, 15) is 4.79 Å². The molecule has 0 fully saturated rings. The van der Waals surface area contributed by atoms with Crippen LogP contribution in [0.5, 0.6) is 5.75 Å². The molecule has 1 heterocycles. The monoisotopic (exact) mass is 380 g/mol. The number of hydrogen-bond acceptors (Lipinski definition) is 3. The van der Waals surface area contributed by atoms with Crippen molar-refractivity contribution in [3.8, 4) is 5.75 Å². The third-order valence-corrected chi connectivity index (χ3v) is 4.52. The van der Waals surface area contributed by atoms with Gasteiger partial charge in [0.2, 0.25) is 0 Å². The highest BCUT2D eigenvalue weighted by molar-refractivity contribution is 6.00. The van der Waals surface area contributed by atoms with Gasteiger partial charge in [-0.3, -0.25) is 4.79 Å². The summed E-state index contributed by atoms with van der Waals surface area (Å²) in [5.74, 6) is 1.10. The molecule has 3 rings (SSSR count). The quantitative estimate of drug-likeness (QED) is 0.565. The van der Waals surface area contributed by atoms with Crippen molar-refractivity contribution >= 4 is 16.8 Å². The van der Waals surface area contributed by atoms with Crippen LogP contribution in [-0.2, 0) is 17.9 Å². The van der Waals surface area contributed by atoms with Crippen LogP contribution < -0.4 is 10.1 Å². The molecule has 0 unspecified atom stereocenters. The predicted octanol–water partition coefficient (Wildman–Crippen LogP) is 4.25.